The van der Waals surface area contributed by atoms with E-state index in [9.17, 15) is 4.79 Å². The van der Waals surface area contributed by atoms with Crippen LogP contribution in [0.25, 0.3) is 0 Å². The Morgan fingerprint density at radius 1 is 1.50 bits per heavy atom. The molecular weight excluding hydrogens is 288 g/mol. The van der Waals surface area contributed by atoms with Crippen LogP contribution in [0.5, 0.6) is 0 Å². The van der Waals surface area contributed by atoms with E-state index in [4.69, 9.17) is 0 Å². The van der Waals surface area contributed by atoms with E-state index in [1.165, 1.54) is 6.42 Å². The second kappa shape index (κ2) is 6.16. The number of nitrogens with zero attached hydrogens (tertiary/aromatic N) is 2. The summed E-state index contributed by atoms with van der Waals surface area (Å²) < 4.78 is 0. The third kappa shape index (κ3) is 3.16. The summed E-state index contributed by atoms with van der Waals surface area (Å²) in [5.41, 5.74) is 1.14. The van der Waals surface area contributed by atoms with Crippen LogP contribution in [0, 0.1) is 6.92 Å². The lowest BCUT2D eigenvalue weighted by Gasteiger charge is -2.22. The predicted molar refractivity (Wildman–Crippen MR) is 83.5 cm³/mol. The predicted octanol–water partition coefficient (Wildman–Crippen LogP) is 3.75. The average molecular weight is 306 g/mol. The van der Waals surface area contributed by atoms with Crippen molar-refractivity contribution in [3.05, 3.63) is 38.5 Å². The first-order valence-electron chi connectivity index (χ1n) is 6.94. The molecule has 1 aliphatic rings. The van der Waals surface area contributed by atoms with Crippen molar-refractivity contribution in [3.8, 4) is 0 Å². The van der Waals surface area contributed by atoms with Crippen LogP contribution < -0.4 is 0 Å². The normalized spacial score (nSPS) is 19.6. The molecule has 0 spiro atoms. The van der Waals surface area contributed by atoms with Crippen LogP contribution in [0.2, 0.25) is 0 Å². The molecule has 0 N–H and O–H groups in total. The van der Waals surface area contributed by atoms with Gasteiger partial charge in [-0.1, -0.05) is 6.07 Å². The molecule has 106 valence electrons. The van der Waals surface area contributed by atoms with Crippen LogP contribution in [-0.4, -0.2) is 28.3 Å². The highest BCUT2D eigenvalue weighted by Crippen LogP contribution is 2.25. The number of hydrogen-bond donors (Lipinski definition) is 0. The molecule has 0 aromatic carbocycles. The fourth-order valence-electron chi connectivity index (χ4n) is 2.78. The van der Waals surface area contributed by atoms with Crippen molar-refractivity contribution in [3.63, 3.8) is 0 Å². The van der Waals surface area contributed by atoms with Crippen LogP contribution in [-0.2, 0) is 6.54 Å². The van der Waals surface area contributed by atoms with E-state index < -0.39 is 0 Å². The quantitative estimate of drug-likeness (QED) is 0.789. The molecule has 2 aromatic heterocycles. The summed E-state index contributed by atoms with van der Waals surface area (Å²) in [4.78, 5) is 20.1. The van der Waals surface area contributed by atoms with Crippen molar-refractivity contribution in [2.24, 2.45) is 0 Å². The molecule has 5 heteroatoms. The first-order chi connectivity index (χ1) is 9.72. The monoisotopic (exact) mass is 306 g/mol. The van der Waals surface area contributed by atoms with Crippen molar-refractivity contribution in [2.45, 2.75) is 38.8 Å². The Kier molecular flexibility index (Phi) is 4.29. The minimum atomic E-state index is 0.284. The molecule has 1 saturated heterocycles. The third-order valence-electron chi connectivity index (χ3n) is 3.75. The lowest BCUT2D eigenvalue weighted by molar-refractivity contribution is 0.0942. The second-order valence-electron chi connectivity index (χ2n) is 5.23. The molecule has 20 heavy (non-hydrogen) atoms. The number of aromatic nitrogens is 1. The number of Topliss-reactive ketones (excluding diaryl/α,β-unsaturated/α-hetero) is 1. The number of ketones is 1. The molecule has 0 bridgehead atoms. The molecule has 1 fully saturated rings. The fraction of sp³-hybridized carbons (Fsp3) is 0.467. The van der Waals surface area contributed by atoms with E-state index >= 15 is 0 Å². The second-order valence-corrected chi connectivity index (χ2v) is 7.24. The van der Waals surface area contributed by atoms with Gasteiger partial charge >= 0.3 is 0 Å². The number of rotatable bonds is 5. The van der Waals surface area contributed by atoms with E-state index in [-0.39, 0.29) is 5.78 Å². The molecule has 3 nitrogen and oxygen atoms in total. The van der Waals surface area contributed by atoms with Gasteiger partial charge in [-0.15, -0.1) is 22.7 Å². The molecule has 0 radical (unpaired) electrons. The van der Waals surface area contributed by atoms with E-state index in [1.807, 2.05) is 24.4 Å². The molecule has 1 aliphatic heterocycles. The number of carbonyl (C=O) groups excluding carboxylic acids is 1. The van der Waals surface area contributed by atoms with Gasteiger partial charge in [-0.2, -0.15) is 0 Å². The maximum Gasteiger partial charge on any atom is 0.174 e. The van der Waals surface area contributed by atoms with Gasteiger partial charge in [0.15, 0.2) is 5.78 Å². The highest BCUT2D eigenvalue weighted by molar-refractivity contribution is 7.12. The zero-order chi connectivity index (χ0) is 13.9. The molecule has 1 atom stereocenters. The third-order valence-corrected chi connectivity index (χ3v) is 5.48. The first kappa shape index (κ1) is 13.9. The van der Waals surface area contributed by atoms with Crippen molar-refractivity contribution in [2.75, 3.05) is 6.54 Å². The van der Waals surface area contributed by atoms with Gasteiger partial charge in [-0.25, -0.2) is 4.98 Å². The molecular formula is C15H18N2OS2. The lowest BCUT2D eigenvalue weighted by atomic mass is 10.1. The maximum atomic E-state index is 12.2. The van der Waals surface area contributed by atoms with E-state index in [2.05, 4.69) is 15.3 Å². The van der Waals surface area contributed by atoms with E-state index in [1.54, 1.807) is 22.7 Å². The highest BCUT2D eigenvalue weighted by atomic mass is 32.1. The first-order valence-corrected chi connectivity index (χ1v) is 8.70. The molecule has 1 unspecified atom stereocenters. The standard InChI is InChI=1S/C15H18N2OS2/c1-11-16-12(10-20-11)9-17-6-2-4-13(17)8-14(18)15-5-3-7-19-15/h3,5,7,10,13H,2,4,6,8-9H2,1H3. The molecule has 2 aromatic rings. The van der Waals surface area contributed by atoms with Gasteiger partial charge in [0, 0.05) is 24.4 Å². The van der Waals surface area contributed by atoms with Crippen LogP contribution in [0.4, 0.5) is 0 Å². The summed E-state index contributed by atoms with van der Waals surface area (Å²) in [6, 6.07) is 4.25. The number of likely N-dealkylation sites (tertiary alicyclic amines) is 1. The Morgan fingerprint density at radius 3 is 3.10 bits per heavy atom. The largest absolute Gasteiger partial charge is 0.294 e. The topological polar surface area (TPSA) is 33.2 Å². The van der Waals surface area contributed by atoms with Gasteiger partial charge in [0.1, 0.15) is 0 Å². The minimum Gasteiger partial charge on any atom is -0.294 e. The molecule has 0 amide bonds. The summed E-state index contributed by atoms with van der Waals surface area (Å²) in [6.07, 6.45) is 2.95. The fourth-order valence-corrected chi connectivity index (χ4v) is 4.05. The highest BCUT2D eigenvalue weighted by Gasteiger charge is 2.27. The number of thiazole rings is 1. The van der Waals surface area contributed by atoms with Crippen LogP contribution in [0.3, 0.4) is 0 Å². The molecule has 0 aliphatic carbocycles. The molecule has 3 rings (SSSR count). The molecule has 0 saturated carbocycles. The maximum absolute atomic E-state index is 12.2. The van der Waals surface area contributed by atoms with Gasteiger partial charge in [0.2, 0.25) is 0 Å². The lowest BCUT2D eigenvalue weighted by Crippen LogP contribution is -2.30. The van der Waals surface area contributed by atoms with Gasteiger partial charge in [-0.05, 0) is 37.8 Å². The summed E-state index contributed by atoms with van der Waals surface area (Å²) in [6.45, 7) is 4.00. The van der Waals surface area contributed by atoms with Crippen LogP contribution >= 0.6 is 22.7 Å². The Balaban J connectivity index is 1.62. The summed E-state index contributed by atoms with van der Waals surface area (Å²) in [7, 11) is 0. The number of aryl methyl sites for hydroxylation is 1. The van der Waals surface area contributed by atoms with E-state index in [0.717, 1.165) is 35.1 Å². The summed E-state index contributed by atoms with van der Waals surface area (Å²) in [5.74, 6) is 0.284. The Labute approximate surface area is 127 Å². The van der Waals surface area contributed by atoms with Crippen molar-refractivity contribution >= 4 is 28.5 Å². The SMILES string of the molecule is Cc1nc(CN2CCCC2CC(=O)c2cccs2)cs1. The summed E-state index contributed by atoms with van der Waals surface area (Å²) >= 11 is 3.24. The average Bonchev–Trinajstić information content (AvgIpc) is 3.13. The Morgan fingerprint density at radius 2 is 2.40 bits per heavy atom. The number of carbonyl (C=O) groups is 1. The minimum absolute atomic E-state index is 0.284. The van der Waals surface area contributed by atoms with Crippen LogP contribution in [0.1, 0.15) is 39.6 Å². The summed E-state index contributed by atoms with van der Waals surface area (Å²) in [5, 5.41) is 5.22. The van der Waals surface area contributed by atoms with Gasteiger partial charge in [-0.3, -0.25) is 9.69 Å². The van der Waals surface area contributed by atoms with Gasteiger partial charge < -0.3 is 0 Å². The zero-order valence-corrected chi connectivity index (χ0v) is 13.2. The molecule has 3 heterocycles. The Hall–Kier alpha value is -1.04. The number of thiophene rings is 1. The van der Waals surface area contributed by atoms with E-state index in [0.29, 0.717) is 12.5 Å². The van der Waals surface area contributed by atoms with Crippen LogP contribution in [0.15, 0.2) is 22.9 Å². The zero-order valence-electron chi connectivity index (χ0n) is 11.5. The van der Waals surface area contributed by atoms with Crippen molar-refractivity contribution in [1.82, 2.24) is 9.88 Å². The van der Waals surface area contributed by atoms with Crippen molar-refractivity contribution < 1.29 is 4.79 Å². The smallest absolute Gasteiger partial charge is 0.174 e. The van der Waals surface area contributed by atoms with Gasteiger partial charge in [0.25, 0.3) is 0 Å². The van der Waals surface area contributed by atoms with Crippen molar-refractivity contribution in [1.29, 1.82) is 0 Å². The van der Waals surface area contributed by atoms with Gasteiger partial charge in [0.05, 0.1) is 15.6 Å². The number of hydrogen-bond acceptors (Lipinski definition) is 5. The Bertz CT molecular complexity index is 576.